The molecule has 6 nitrogen and oxygen atoms in total. The molecule has 1 aromatic heterocycles. The molecule has 1 aliphatic heterocycles. The number of hydrazone groups is 1. The van der Waals surface area contributed by atoms with Crippen LogP contribution in [0.5, 0.6) is 0 Å². The van der Waals surface area contributed by atoms with Crippen molar-refractivity contribution in [2.45, 2.75) is 13.8 Å². The minimum absolute atomic E-state index is 0.264. The van der Waals surface area contributed by atoms with Gasteiger partial charge in [-0.2, -0.15) is 5.10 Å². The van der Waals surface area contributed by atoms with Gasteiger partial charge in [-0.3, -0.25) is 9.78 Å². The van der Waals surface area contributed by atoms with Gasteiger partial charge >= 0.3 is 0 Å². The van der Waals surface area contributed by atoms with E-state index < -0.39 is 0 Å². The second-order valence-corrected chi connectivity index (χ2v) is 7.21. The van der Waals surface area contributed by atoms with Gasteiger partial charge in [-0.15, -0.1) is 0 Å². The first-order chi connectivity index (χ1) is 14.1. The number of anilines is 1. The Bertz CT molecular complexity index is 1050. The lowest BCUT2D eigenvalue weighted by Crippen LogP contribution is -2.36. The van der Waals surface area contributed by atoms with Gasteiger partial charge in [-0.05, 0) is 49.7 Å². The van der Waals surface area contributed by atoms with E-state index in [-0.39, 0.29) is 5.91 Å². The highest BCUT2D eigenvalue weighted by atomic mass is 16.5. The van der Waals surface area contributed by atoms with E-state index in [1.165, 1.54) is 5.69 Å². The lowest BCUT2D eigenvalue weighted by atomic mass is 10.1. The Morgan fingerprint density at radius 2 is 1.86 bits per heavy atom. The summed E-state index contributed by atoms with van der Waals surface area (Å²) in [5.74, 6) is -0.264. The molecule has 2 heterocycles. The maximum absolute atomic E-state index is 12.6. The van der Waals surface area contributed by atoms with Crippen LogP contribution in [0.1, 0.15) is 27.2 Å². The van der Waals surface area contributed by atoms with E-state index in [4.69, 9.17) is 4.74 Å². The highest BCUT2D eigenvalue weighted by Crippen LogP contribution is 2.18. The number of hydrogen-bond acceptors (Lipinski definition) is 5. The average Bonchev–Trinajstić information content (AvgIpc) is 2.74. The zero-order chi connectivity index (χ0) is 20.2. The Kier molecular flexibility index (Phi) is 5.53. The van der Waals surface area contributed by atoms with Crippen LogP contribution in [0.3, 0.4) is 0 Å². The standard InChI is InChI=1S/C23H24N4O2/c1-16-3-8-22-19(13-16)14-21(17(2)25-22)23(28)26-24-15-18-4-6-20(7-5-18)27-9-11-29-12-10-27/h3-8,13-15H,9-12H2,1-2H3,(H,26,28)/b24-15+. The molecule has 0 unspecified atom stereocenters. The largest absolute Gasteiger partial charge is 0.378 e. The fourth-order valence-electron chi connectivity index (χ4n) is 3.44. The number of carbonyl (C=O) groups excluding carboxylic acids is 1. The summed E-state index contributed by atoms with van der Waals surface area (Å²) < 4.78 is 5.39. The number of amides is 1. The molecule has 0 radical (unpaired) electrons. The Morgan fingerprint density at radius 1 is 1.10 bits per heavy atom. The second-order valence-electron chi connectivity index (χ2n) is 7.21. The third-order valence-corrected chi connectivity index (χ3v) is 5.05. The number of morpholine rings is 1. The third kappa shape index (κ3) is 4.43. The predicted molar refractivity (Wildman–Crippen MR) is 116 cm³/mol. The van der Waals surface area contributed by atoms with Crippen LogP contribution in [0.15, 0.2) is 53.6 Å². The number of fused-ring (bicyclic) bond motifs is 1. The first kappa shape index (κ1) is 19.1. The van der Waals surface area contributed by atoms with Gasteiger partial charge in [-0.25, -0.2) is 5.43 Å². The van der Waals surface area contributed by atoms with Crippen molar-refractivity contribution in [1.82, 2.24) is 10.4 Å². The van der Waals surface area contributed by atoms with E-state index in [0.717, 1.165) is 48.3 Å². The van der Waals surface area contributed by atoms with Crippen LogP contribution in [-0.4, -0.2) is 43.4 Å². The maximum atomic E-state index is 12.6. The topological polar surface area (TPSA) is 66.8 Å². The minimum atomic E-state index is -0.264. The molecule has 1 aliphatic rings. The number of aromatic nitrogens is 1. The van der Waals surface area contributed by atoms with E-state index in [1.54, 1.807) is 6.21 Å². The zero-order valence-corrected chi connectivity index (χ0v) is 16.7. The van der Waals surface area contributed by atoms with Crippen molar-refractivity contribution in [2.75, 3.05) is 31.2 Å². The van der Waals surface area contributed by atoms with Gasteiger partial charge in [0.05, 0.1) is 36.2 Å². The first-order valence-electron chi connectivity index (χ1n) is 9.74. The van der Waals surface area contributed by atoms with Crippen LogP contribution in [0.25, 0.3) is 10.9 Å². The Hall–Kier alpha value is -3.25. The molecule has 148 valence electrons. The van der Waals surface area contributed by atoms with E-state index in [0.29, 0.717) is 11.3 Å². The van der Waals surface area contributed by atoms with Crippen molar-refractivity contribution in [1.29, 1.82) is 0 Å². The van der Waals surface area contributed by atoms with E-state index >= 15 is 0 Å². The Labute approximate surface area is 170 Å². The summed E-state index contributed by atoms with van der Waals surface area (Å²) in [6.07, 6.45) is 1.65. The number of nitrogens with zero attached hydrogens (tertiary/aromatic N) is 3. The summed E-state index contributed by atoms with van der Waals surface area (Å²) in [4.78, 5) is 19.4. The monoisotopic (exact) mass is 388 g/mol. The third-order valence-electron chi connectivity index (χ3n) is 5.05. The molecule has 6 heteroatoms. The van der Waals surface area contributed by atoms with Gasteiger partial charge < -0.3 is 9.64 Å². The van der Waals surface area contributed by atoms with Gasteiger partial charge in [0.25, 0.3) is 5.91 Å². The summed E-state index contributed by atoms with van der Waals surface area (Å²) in [7, 11) is 0. The van der Waals surface area contributed by atoms with Gasteiger partial charge in [0.1, 0.15) is 0 Å². The molecule has 1 N–H and O–H groups in total. The molecule has 0 bridgehead atoms. The van der Waals surface area contributed by atoms with E-state index in [1.807, 2.05) is 50.2 Å². The molecule has 0 atom stereocenters. The minimum Gasteiger partial charge on any atom is -0.378 e. The molecule has 29 heavy (non-hydrogen) atoms. The van der Waals surface area contributed by atoms with Crippen LogP contribution in [0.2, 0.25) is 0 Å². The normalized spacial score (nSPS) is 14.5. The number of aryl methyl sites for hydroxylation is 2. The highest BCUT2D eigenvalue weighted by molar-refractivity contribution is 5.99. The molecular weight excluding hydrogens is 364 g/mol. The summed E-state index contributed by atoms with van der Waals surface area (Å²) in [6, 6.07) is 16.0. The Morgan fingerprint density at radius 3 is 2.62 bits per heavy atom. The van der Waals surface area contributed by atoms with Gasteiger partial charge in [-0.1, -0.05) is 23.8 Å². The zero-order valence-electron chi connectivity index (χ0n) is 16.7. The first-order valence-corrected chi connectivity index (χ1v) is 9.74. The average molecular weight is 388 g/mol. The van der Waals surface area contributed by atoms with Crippen molar-refractivity contribution < 1.29 is 9.53 Å². The van der Waals surface area contributed by atoms with Crippen molar-refractivity contribution in [2.24, 2.45) is 5.10 Å². The van der Waals surface area contributed by atoms with Gasteiger partial charge in [0.2, 0.25) is 0 Å². The lowest BCUT2D eigenvalue weighted by molar-refractivity contribution is 0.0954. The molecule has 0 aliphatic carbocycles. The fraction of sp³-hybridized carbons (Fsp3) is 0.261. The van der Waals surface area contributed by atoms with Crippen molar-refractivity contribution in [3.8, 4) is 0 Å². The summed E-state index contributed by atoms with van der Waals surface area (Å²) in [6.45, 7) is 7.19. The van der Waals surface area contributed by atoms with Crippen molar-refractivity contribution in [3.63, 3.8) is 0 Å². The van der Waals surface area contributed by atoms with Crippen LogP contribution in [-0.2, 0) is 4.74 Å². The van der Waals surface area contributed by atoms with Gasteiger partial charge in [0, 0.05) is 24.2 Å². The molecule has 0 spiro atoms. The quantitative estimate of drug-likeness (QED) is 0.549. The molecule has 1 amide bonds. The van der Waals surface area contributed by atoms with E-state index in [9.17, 15) is 4.79 Å². The number of pyridine rings is 1. The van der Waals surface area contributed by atoms with Crippen LogP contribution >= 0.6 is 0 Å². The SMILES string of the molecule is Cc1ccc2nc(C)c(C(=O)N/N=C/c3ccc(N4CCOCC4)cc3)cc2c1. The van der Waals surface area contributed by atoms with Gasteiger partial charge in [0.15, 0.2) is 0 Å². The Balaban J connectivity index is 1.43. The predicted octanol–water partition coefficient (Wildman–Crippen LogP) is 3.45. The molecule has 4 rings (SSSR count). The number of benzene rings is 2. The maximum Gasteiger partial charge on any atom is 0.273 e. The summed E-state index contributed by atoms with van der Waals surface area (Å²) >= 11 is 0. The highest BCUT2D eigenvalue weighted by Gasteiger charge is 2.12. The summed E-state index contributed by atoms with van der Waals surface area (Å²) in [5.41, 5.74) is 7.93. The molecule has 1 fully saturated rings. The number of nitrogens with one attached hydrogen (secondary N) is 1. The second kappa shape index (κ2) is 8.41. The van der Waals surface area contributed by atoms with E-state index in [2.05, 4.69) is 32.5 Å². The van der Waals surface area contributed by atoms with Crippen molar-refractivity contribution >= 4 is 28.7 Å². The molecular formula is C23H24N4O2. The number of hydrogen-bond donors (Lipinski definition) is 1. The number of ether oxygens (including phenoxy) is 1. The lowest BCUT2D eigenvalue weighted by Gasteiger charge is -2.28. The number of rotatable bonds is 4. The number of carbonyl (C=O) groups is 1. The van der Waals surface area contributed by atoms with Crippen LogP contribution in [0.4, 0.5) is 5.69 Å². The molecule has 0 saturated carbocycles. The molecule has 1 saturated heterocycles. The van der Waals surface area contributed by atoms with Crippen LogP contribution in [0, 0.1) is 13.8 Å². The summed E-state index contributed by atoms with van der Waals surface area (Å²) in [5, 5.41) is 5.06. The van der Waals surface area contributed by atoms with Crippen molar-refractivity contribution in [3.05, 3.63) is 70.9 Å². The molecule has 2 aromatic carbocycles. The molecule has 3 aromatic rings. The smallest absolute Gasteiger partial charge is 0.273 e. The van der Waals surface area contributed by atoms with Crippen LogP contribution < -0.4 is 10.3 Å². The fourth-order valence-corrected chi connectivity index (χ4v) is 3.44.